The van der Waals surface area contributed by atoms with Crippen molar-refractivity contribution in [3.63, 3.8) is 0 Å². The molecule has 0 spiro atoms. The lowest BCUT2D eigenvalue weighted by Gasteiger charge is -2.07. The third-order valence-corrected chi connectivity index (χ3v) is 2.32. The maximum absolute atomic E-state index is 10.2. The van der Waals surface area contributed by atoms with Gasteiger partial charge in [0.2, 0.25) is 0 Å². The van der Waals surface area contributed by atoms with Gasteiger partial charge in [0, 0.05) is 11.5 Å². The molecule has 0 amide bonds. The minimum atomic E-state index is -1.47. The summed E-state index contributed by atoms with van der Waals surface area (Å²) in [4.78, 5) is 20.3. The molecule has 0 radical (unpaired) electrons. The second-order valence-electron chi connectivity index (χ2n) is 2.34. The van der Waals surface area contributed by atoms with E-state index in [9.17, 15) is 9.59 Å². The molecule has 76 valence electrons. The fraction of sp³-hybridized carbons (Fsp3) is 0.667. The Kier molecular flexibility index (Phi) is 5.44. The van der Waals surface area contributed by atoms with E-state index in [4.69, 9.17) is 21.1 Å². The maximum Gasteiger partial charge on any atom is 0.333 e. The van der Waals surface area contributed by atoms with Gasteiger partial charge >= 0.3 is 11.9 Å². The van der Waals surface area contributed by atoms with Gasteiger partial charge in [-0.05, 0) is 0 Å². The number of carboxylic acid groups (broad SMARTS) is 2. The smallest absolute Gasteiger partial charge is 0.333 e. The SMILES string of the molecule is N[C@@H](CSCC(O)C(=O)O)C(=O)O. The van der Waals surface area contributed by atoms with E-state index in [2.05, 4.69) is 0 Å². The molecule has 0 aliphatic heterocycles. The average Bonchev–Trinajstić information content (AvgIpc) is 2.03. The standard InChI is InChI=1S/C6H11NO5S/c7-3(5(9)10)1-13-2-4(8)6(11)12/h3-4,8H,1-2,7H2,(H,9,10)(H,11,12)/t3-,4?/m0/s1. The molecule has 5 N–H and O–H groups in total. The minimum Gasteiger partial charge on any atom is -0.480 e. The van der Waals surface area contributed by atoms with Gasteiger partial charge in [0.1, 0.15) is 6.04 Å². The van der Waals surface area contributed by atoms with Crippen LogP contribution in [0.25, 0.3) is 0 Å². The van der Waals surface area contributed by atoms with Crippen LogP contribution in [0.4, 0.5) is 0 Å². The third-order valence-electron chi connectivity index (χ3n) is 1.18. The Labute approximate surface area is 78.7 Å². The van der Waals surface area contributed by atoms with Gasteiger partial charge in [-0.2, -0.15) is 11.8 Å². The number of thioether (sulfide) groups is 1. The molecule has 0 saturated carbocycles. The normalized spacial score (nSPS) is 14.9. The van der Waals surface area contributed by atoms with Crippen LogP contribution in [0.15, 0.2) is 0 Å². The summed E-state index contributed by atoms with van der Waals surface area (Å²) in [5.74, 6) is -2.44. The number of aliphatic carboxylic acids is 2. The van der Waals surface area contributed by atoms with Crippen LogP contribution < -0.4 is 5.73 Å². The Morgan fingerprint density at radius 2 is 1.77 bits per heavy atom. The topological polar surface area (TPSA) is 121 Å². The van der Waals surface area contributed by atoms with E-state index < -0.39 is 24.1 Å². The number of carboxylic acids is 2. The number of rotatable bonds is 6. The summed E-state index contributed by atoms with van der Waals surface area (Å²) in [5, 5.41) is 25.4. The lowest BCUT2D eigenvalue weighted by Crippen LogP contribution is -2.33. The molecular weight excluding hydrogens is 198 g/mol. The second-order valence-corrected chi connectivity index (χ2v) is 3.41. The lowest BCUT2D eigenvalue weighted by molar-refractivity contribution is -0.145. The molecule has 0 bridgehead atoms. The Bertz CT molecular complexity index is 177. The van der Waals surface area contributed by atoms with Gasteiger partial charge in [-0.1, -0.05) is 0 Å². The van der Waals surface area contributed by atoms with Crippen molar-refractivity contribution < 1.29 is 24.9 Å². The monoisotopic (exact) mass is 209 g/mol. The number of aliphatic hydroxyl groups excluding tert-OH is 1. The van der Waals surface area contributed by atoms with E-state index in [0.717, 1.165) is 11.8 Å². The Morgan fingerprint density at radius 3 is 2.15 bits per heavy atom. The molecule has 0 aromatic rings. The van der Waals surface area contributed by atoms with E-state index in [1.165, 1.54) is 0 Å². The van der Waals surface area contributed by atoms with Crippen LogP contribution in [0.3, 0.4) is 0 Å². The predicted octanol–water partition coefficient (Wildman–Crippen LogP) is -1.42. The van der Waals surface area contributed by atoms with Crippen molar-refractivity contribution in [2.45, 2.75) is 12.1 Å². The van der Waals surface area contributed by atoms with Gasteiger partial charge in [0.15, 0.2) is 6.10 Å². The molecule has 6 nitrogen and oxygen atoms in total. The predicted molar refractivity (Wildman–Crippen MR) is 46.6 cm³/mol. The van der Waals surface area contributed by atoms with Gasteiger partial charge < -0.3 is 21.1 Å². The highest BCUT2D eigenvalue weighted by Crippen LogP contribution is 2.04. The molecule has 0 aromatic heterocycles. The van der Waals surface area contributed by atoms with Crippen molar-refractivity contribution in [3.05, 3.63) is 0 Å². The summed E-state index contributed by atoms with van der Waals surface area (Å²) in [6.45, 7) is 0. The summed E-state index contributed by atoms with van der Waals surface area (Å²) in [6, 6.07) is -1.02. The molecule has 1 unspecified atom stereocenters. The highest BCUT2D eigenvalue weighted by atomic mass is 32.2. The molecule has 13 heavy (non-hydrogen) atoms. The van der Waals surface area contributed by atoms with Gasteiger partial charge in [-0.3, -0.25) is 4.79 Å². The quantitative estimate of drug-likeness (QED) is 0.423. The Hall–Kier alpha value is -0.790. The number of aliphatic hydroxyl groups is 1. The van der Waals surface area contributed by atoms with Crippen LogP contribution in [0.1, 0.15) is 0 Å². The van der Waals surface area contributed by atoms with Crippen molar-refractivity contribution in [2.75, 3.05) is 11.5 Å². The molecule has 0 aromatic carbocycles. The Morgan fingerprint density at radius 1 is 1.23 bits per heavy atom. The fourth-order valence-corrected chi connectivity index (χ4v) is 1.35. The summed E-state index contributed by atoms with van der Waals surface area (Å²) < 4.78 is 0. The van der Waals surface area contributed by atoms with Crippen LogP contribution in [-0.2, 0) is 9.59 Å². The first-order chi connectivity index (χ1) is 5.95. The molecular formula is C6H11NO5S. The van der Waals surface area contributed by atoms with Gasteiger partial charge in [-0.25, -0.2) is 4.79 Å². The number of hydrogen-bond donors (Lipinski definition) is 4. The molecule has 0 rings (SSSR count). The zero-order valence-corrected chi connectivity index (χ0v) is 7.53. The average molecular weight is 209 g/mol. The molecule has 0 aliphatic rings. The molecule has 7 heteroatoms. The lowest BCUT2D eigenvalue weighted by atomic mass is 10.4. The number of carbonyl (C=O) groups is 2. The van der Waals surface area contributed by atoms with Crippen molar-refractivity contribution in [3.8, 4) is 0 Å². The van der Waals surface area contributed by atoms with Crippen LogP contribution in [0.2, 0.25) is 0 Å². The highest BCUT2D eigenvalue weighted by molar-refractivity contribution is 7.99. The second kappa shape index (κ2) is 5.79. The molecule has 0 saturated heterocycles. The molecule has 0 aliphatic carbocycles. The van der Waals surface area contributed by atoms with E-state index in [1.807, 2.05) is 0 Å². The van der Waals surface area contributed by atoms with Crippen LogP contribution in [0, 0.1) is 0 Å². The summed E-state index contributed by atoms with van der Waals surface area (Å²) >= 11 is 0.989. The summed E-state index contributed by atoms with van der Waals surface area (Å²) in [5.41, 5.74) is 5.13. The first-order valence-electron chi connectivity index (χ1n) is 3.42. The van der Waals surface area contributed by atoms with E-state index in [0.29, 0.717) is 0 Å². The Balaban J connectivity index is 3.56. The highest BCUT2D eigenvalue weighted by Gasteiger charge is 2.16. The minimum absolute atomic E-state index is 0.0592. The van der Waals surface area contributed by atoms with Crippen LogP contribution >= 0.6 is 11.8 Å². The van der Waals surface area contributed by atoms with Gasteiger partial charge in [-0.15, -0.1) is 0 Å². The van der Waals surface area contributed by atoms with E-state index in [1.54, 1.807) is 0 Å². The number of nitrogens with two attached hydrogens (primary N) is 1. The van der Waals surface area contributed by atoms with E-state index in [-0.39, 0.29) is 11.5 Å². The van der Waals surface area contributed by atoms with Gasteiger partial charge in [0.05, 0.1) is 0 Å². The molecule has 0 heterocycles. The van der Waals surface area contributed by atoms with Crippen molar-refractivity contribution in [1.29, 1.82) is 0 Å². The first kappa shape index (κ1) is 12.2. The zero-order valence-electron chi connectivity index (χ0n) is 6.71. The zero-order chi connectivity index (χ0) is 10.4. The van der Waals surface area contributed by atoms with Crippen LogP contribution in [-0.4, -0.2) is 50.9 Å². The number of hydrogen-bond acceptors (Lipinski definition) is 5. The van der Waals surface area contributed by atoms with Crippen molar-refractivity contribution >= 4 is 23.7 Å². The first-order valence-corrected chi connectivity index (χ1v) is 4.57. The van der Waals surface area contributed by atoms with Crippen molar-refractivity contribution in [2.24, 2.45) is 5.73 Å². The largest absolute Gasteiger partial charge is 0.480 e. The summed E-state index contributed by atoms with van der Waals surface area (Å²) in [7, 11) is 0. The molecule has 2 atom stereocenters. The summed E-state index contributed by atoms with van der Waals surface area (Å²) in [6.07, 6.45) is -1.47. The van der Waals surface area contributed by atoms with Crippen molar-refractivity contribution in [1.82, 2.24) is 0 Å². The maximum atomic E-state index is 10.2. The molecule has 0 fully saturated rings. The fourth-order valence-electron chi connectivity index (χ4n) is 0.449. The van der Waals surface area contributed by atoms with Gasteiger partial charge in [0.25, 0.3) is 0 Å². The van der Waals surface area contributed by atoms with E-state index >= 15 is 0 Å². The third kappa shape index (κ3) is 5.45. The van der Waals surface area contributed by atoms with Crippen LogP contribution in [0.5, 0.6) is 0 Å².